The molecule has 1 aromatic carbocycles. The number of rotatable bonds is 7. The van der Waals surface area contributed by atoms with Gasteiger partial charge >= 0.3 is 6.09 Å². The zero-order valence-electron chi connectivity index (χ0n) is 20.9. The molecule has 36 heavy (non-hydrogen) atoms. The molecule has 2 bridgehead atoms. The first kappa shape index (κ1) is 25.9. The number of ether oxygens (including phenoxy) is 2. The van der Waals surface area contributed by atoms with Crippen LogP contribution >= 0.6 is 11.3 Å². The number of aromatic nitrogens is 1. The molecule has 1 saturated heterocycles. The van der Waals surface area contributed by atoms with Crippen LogP contribution in [0, 0.1) is 23.1 Å². The van der Waals surface area contributed by atoms with E-state index in [0.717, 1.165) is 19.3 Å². The van der Waals surface area contributed by atoms with Gasteiger partial charge in [-0.2, -0.15) is 5.26 Å². The Kier molecular flexibility index (Phi) is 7.50. The van der Waals surface area contributed by atoms with Gasteiger partial charge in [-0.05, 0) is 64.5 Å². The van der Waals surface area contributed by atoms with Crippen molar-refractivity contribution < 1.29 is 23.5 Å². The van der Waals surface area contributed by atoms with Gasteiger partial charge in [0.2, 0.25) is 5.91 Å². The number of likely N-dealkylation sites (tertiary alicyclic amines) is 1. The lowest BCUT2D eigenvalue weighted by molar-refractivity contribution is -0.128. The molecule has 4 atom stereocenters. The van der Waals surface area contributed by atoms with Crippen LogP contribution in [0.25, 0.3) is 11.3 Å². The second kappa shape index (κ2) is 10.4. The average molecular weight is 515 g/mol. The molecule has 4 rings (SSSR count). The number of carbonyl (C=O) groups is 2. The van der Waals surface area contributed by atoms with Crippen molar-refractivity contribution in [1.82, 2.24) is 15.2 Å². The maximum absolute atomic E-state index is 14.9. The fraction of sp³-hybridized carbons (Fsp3) is 0.538. The van der Waals surface area contributed by atoms with E-state index >= 15 is 0 Å². The average Bonchev–Trinajstić information content (AvgIpc) is 3.55. The van der Waals surface area contributed by atoms with Gasteiger partial charge in [-0.15, -0.1) is 0 Å². The van der Waals surface area contributed by atoms with Gasteiger partial charge in [0.05, 0.1) is 18.4 Å². The second-order valence-corrected chi connectivity index (χ2v) is 11.0. The van der Waals surface area contributed by atoms with Gasteiger partial charge in [-0.25, -0.2) is 14.2 Å². The Morgan fingerprint density at radius 2 is 2.14 bits per heavy atom. The summed E-state index contributed by atoms with van der Waals surface area (Å²) in [4.78, 5) is 31.9. The van der Waals surface area contributed by atoms with E-state index in [1.54, 1.807) is 38.3 Å². The number of hydrogen-bond donors (Lipinski definition) is 1. The minimum absolute atomic E-state index is 0.00284. The lowest BCUT2D eigenvalue weighted by Gasteiger charge is -2.35. The highest BCUT2D eigenvalue weighted by atomic mass is 32.1. The van der Waals surface area contributed by atoms with Crippen LogP contribution < -0.4 is 10.1 Å². The van der Waals surface area contributed by atoms with Crippen LogP contribution in [0.1, 0.15) is 52.5 Å². The topological polar surface area (TPSA) is 105 Å². The highest BCUT2D eigenvalue weighted by Crippen LogP contribution is 2.43. The van der Waals surface area contributed by atoms with E-state index in [1.165, 1.54) is 22.3 Å². The first-order valence-corrected chi connectivity index (χ1v) is 13.1. The van der Waals surface area contributed by atoms with Crippen molar-refractivity contribution in [3.8, 4) is 22.5 Å². The Morgan fingerprint density at radius 1 is 1.36 bits per heavy atom. The van der Waals surface area contributed by atoms with E-state index < -0.39 is 35.5 Å². The normalized spacial score (nSPS) is 21.7. The standard InChI is InChI=1S/C26H31FN4O4S/c1-5-34-24-30-21(14-36-24)16-7-6-15(20(27)12-16)10-18(13-28)29-23(32)22-17-8-9-19(11-17)31(22)25(33)35-26(2,3)4/h6-7,12,14,17-19,22H,5,8-11H2,1-4H3,(H,29,32)/t17-,18-,19+,22-/m0/s1. The van der Waals surface area contributed by atoms with Crippen LogP contribution in [0.15, 0.2) is 23.6 Å². The minimum Gasteiger partial charge on any atom is -0.470 e. The molecule has 1 aromatic heterocycles. The first-order chi connectivity index (χ1) is 17.1. The molecule has 2 amide bonds. The molecular weight excluding hydrogens is 483 g/mol. The number of amides is 2. The van der Waals surface area contributed by atoms with E-state index in [9.17, 15) is 19.2 Å². The van der Waals surface area contributed by atoms with Crippen molar-refractivity contribution in [3.63, 3.8) is 0 Å². The molecule has 1 N–H and O–H groups in total. The highest BCUT2D eigenvalue weighted by molar-refractivity contribution is 7.11. The second-order valence-electron chi connectivity index (χ2n) is 10.2. The Labute approximate surface area is 214 Å². The van der Waals surface area contributed by atoms with E-state index in [2.05, 4.69) is 16.4 Å². The maximum Gasteiger partial charge on any atom is 0.411 e. The van der Waals surface area contributed by atoms with Gasteiger partial charge in [-0.3, -0.25) is 9.69 Å². The molecule has 1 saturated carbocycles. The molecule has 192 valence electrons. The fourth-order valence-electron chi connectivity index (χ4n) is 4.96. The predicted molar refractivity (Wildman–Crippen MR) is 133 cm³/mol. The molecular formula is C26H31FN4O4S. The third-order valence-corrected chi connectivity index (χ3v) is 7.21. The number of halogens is 1. The van der Waals surface area contributed by atoms with E-state index in [4.69, 9.17) is 9.47 Å². The molecule has 0 radical (unpaired) electrons. The van der Waals surface area contributed by atoms with Crippen molar-refractivity contribution in [3.05, 3.63) is 35.0 Å². The van der Waals surface area contributed by atoms with Crippen molar-refractivity contribution in [1.29, 1.82) is 5.26 Å². The predicted octanol–water partition coefficient (Wildman–Crippen LogP) is 4.69. The van der Waals surface area contributed by atoms with Crippen LogP contribution in [0.2, 0.25) is 0 Å². The van der Waals surface area contributed by atoms with Gasteiger partial charge in [0.1, 0.15) is 23.5 Å². The van der Waals surface area contributed by atoms with E-state index in [1.807, 2.05) is 6.92 Å². The van der Waals surface area contributed by atoms with Crippen LogP contribution in [0.5, 0.6) is 5.19 Å². The molecule has 10 heteroatoms. The molecule has 0 unspecified atom stereocenters. The third-order valence-electron chi connectivity index (χ3n) is 6.45. The van der Waals surface area contributed by atoms with Gasteiger partial charge in [-0.1, -0.05) is 23.5 Å². The number of nitrogens with one attached hydrogen (secondary N) is 1. The van der Waals surface area contributed by atoms with Crippen molar-refractivity contribution in [2.45, 2.75) is 77.1 Å². The SMILES string of the molecule is CCOc1nc(-c2ccc(C[C@@H](C#N)NC(=O)[C@@H]3[C@H]4CC[C@H](C4)N3C(=O)OC(C)(C)C)c(F)c2)cs1. The fourth-order valence-corrected chi connectivity index (χ4v) is 5.70. The smallest absolute Gasteiger partial charge is 0.411 e. The summed E-state index contributed by atoms with van der Waals surface area (Å²) in [7, 11) is 0. The molecule has 1 aliphatic carbocycles. The van der Waals surface area contributed by atoms with Gasteiger partial charge in [0, 0.05) is 23.4 Å². The zero-order valence-corrected chi connectivity index (χ0v) is 21.7. The largest absolute Gasteiger partial charge is 0.470 e. The third kappa shape index (κ3) is 5.62. The maximum atomic E-state index is 14.9. The van der Waals surface area contributed by atoms with Crippen LogP contribution in [-0.2, 0) is 16.0 Å². The molecule has 2 aliphatic rings. The lowest BCUT2D eigenvalue weighted by Crippen LogP contribution is -2.55. The van der Waals surface area contributed by atoms with Crippen molar-refractivity contribution in [2.75, 3.05) is 6.61 Å². The number of benzene rings is 1. The summed E-state index contributed by atoms with van der Waals surface area (Å²) in [5, 5.41) is 14.8. The number of nitriles is 1. The Balaban J connectivity index is 1.44. The summed E-state index contributed by atoms with van der Waals surface area (Å²) in [5.74, 6) is -0.858. The number of fused-ring (bicyclic) bond motifs is 2. The molecule has 2 heterocycles. The molecule has 8 nitrogen and oxygen atoms in total. The van der Waals surface area contributed by atoms with Crippen molar-refractivity contribution in [2.24, 2.45) is 5.92 Å². The van der Waals surface area contributed by atoms with Gasteiger partial charge in [0.25, 0.3) is 5.19 Å². The Hall–Kier alpha value is -3.19. The lowest BCUT2D eigenvalue weighted by atomic mass is 9.97. The first-order valence-electron chi connectivity index (χ1n) is 12.2. The van der Waals surface area contributed by atoms with Gasteiger partial charge in [0.15, 0.2) is 0 Å². The highest BCUT2D eigenvalue weighted by Gasteiger charge is 2.52. The van der Waals surface area contributed by atoms with Crippen LogP contribution in [-0.4, -0.2) is 52.2 Å². The summed E-state index contributed by atoms with van der Waals surface area (Å²) < 4.78 is 25.8. The Bertz CT molecular complexity index is 1170. The summed E-state index contributed by atoms with van der Waals surface area (Å²) in [5.41, 5.74) is 0.841. The van der Waals surface area contributed by atoms with E-state index in [0.29, 0.717) is 28.6 Å². The number of nitrogens with zero attached hydrogens (tertiary/aromatic N) is 3. The molecule has 2 fully saturated rings. The molecule has 1 aliphatic heterocycles. The summed E-state index contributed by atoms with van der Waals surface area (Å²) >= 11 is 1.34. The number of hydrogen-bond acceptors (Lipinski definition) is 7. The minimum atomic E-state index is -0.943. The monoisotopic (exact) mass is 514 g/mol. The summed E-state index contributed by atoms with van der Waals surface area (Å²) in [6, 6.07) is 5.10. The molecule has 2 aromatic rings. The number of piperidine rings is 1. The number of carbonyl (C=O) groups excluding carboxylic acids is 2. The molecule has 0 spiro atoms. The van der Waals surface area contributed by atoms with Crippen LogP contribution in [0.3, 0.4) is 0 Å². The quantitative estimate of drug-likeness (QED) is 0.575. The number of thiazole rings is 1. The van der Waals surface area contributed by atoms with Gasteiger partial charge < -0.3 is 14.8 Å². The van der Waals surface area contributed by atoms with Crippen LogP contribution in [0.4, 0.5) is 9.18 Å². The summed E-state index contributed by atoms with van der Waals surface area (Å²) in [6.45, 7) is 7.72. The zero-order chi connectivity index (χ0) is 26.0. The van der Waals surface area contributed by atoms with Crippen molar-refractivity contribution >= 4 is 23.3 Å². The summed E-state index contributed by atoms with van der Waals surface area (Å²) in [6.07, 6.45) is 1.91. The Morgan fingerprint density at radius 3 is 2.81 bits per heavy atom. The van der Waals surface area contributed by atoms with E-state index in [-0.39, 0.29) is 18.4 Å².